The summed E-state index contributed by atoms with van der Waals surface area (Å²) in [5.74, 6) is 2.47. The van der Waals surface area contributed by atoms with Crippen molar-refractivity contribution < 1.29 is 4.79 Å². The molecule has 0 radical (unpaired) electrons. The fraction of sp³-hybridized carbons (Fsp3) is 0.579. The molecule has 0 atom stereocenters. The van der Waals surface area contributed by atoms with Gasteiger partial charge in [0.1, 0.15) is 5.82 Å². The van der Waals surface area contributed by atoms with Crippen molar-refractivity contribution in [2.45, 2.75) is 32.6 Å². The predicted octanol–water partition coefficient (Wildman–Crippen LogP) is 1.70. The minimum Gasteiger partial charge on any atom is -0.359 e. The van der Waals surface area contributed by atoms with E-state index in [0.717, 1.165) is 56.3 Å². The molecule has 0 saturated carbocycles. The van der Waals surface area contributed by atoms with E-state index >= 15 is 0 Å². The van der Waals surface area contributed by atoms with Gasteiger partial charge in [0.25, 0.3) is 0 Å². The number of hydrogen-bond acceptors (Lipinski definition) is 4. The molecule has 0 aliphatic carbocycles. The van der Waals surface area contributed by atoms with Crippen molar-refractivity contribution in [3.63, 3.8) is 0 Å². The molecule has 28 heavy (non-hydrogen) atoms. The third kappa shape index (κ3) is 5.79. The van der Waals surface area contributed by atoms with E-state index in [0.29, 0.717) is 18.9 Å². The van der Waals surface area contributed by atoms with Gasteiger partial charge in [0.2, 0.25) is 5.91 Å². The number of aromatic nitrogens is 3. The summed E-state index contributed by atoms with van der Waals surface area (Å²) in [5.41, 5.74) is 0.863. The molecule has 9 heteroatoms. The standard InChI is InChI=1S/C19H29N7O.HI/c1-3-21-19(25-12-8-15(9-13-25)14-18(27)20-2)22-10-7-17-24-23-16-6-4-5-11-26(16)17;/h4-6,11,15H,3,7-10,12-14H2,1-2H3,(H,20,27)(H,21,22);1H. The molecule has 2 N–H and O–H groups in total. The Morgan fingerprint density at radius 2 is 2.07 bits per heavy atom. The molecule has 3 rings (SSSR count). The van der Waals surface area contributed by atoms with Crippen LogP contribution in [0.25, 0.3) is 5.65 Å². The molecule has 1 fully saturated rings. The Labute approximate surface area is 183 Å². The van der Waals surface area contributed by atoms with Crippen LogP contribution in [-0.2, 0) is 11.2 Å². The van der Waals surface area contributed by atoms with Crippen molar-refractivity contribution in [3.05, 3.63) is 30.2 Å². The van der Waals surface area contributed by atoms with Crippen LogP contribution in [0, 0.1) is 5.92 Å². The molecule has 1 amide bonds. The van der Waals surface area contributed by atoms with Gasteiger partial charge in [-0.05, 0) is 37.8 Å². The highest BCUT2D eigenvalue weighted by Gasteiger charge is 2.23. The summed E-state index contributed by atoms with van der Waals surface area (Å²) >= 11 is 0. The lowest BCUT2D eigenvalue weighted by molar-refractivity contribution is -0.121. The first-order valence-electron chi connectivity index (χ1n) is 9.73. The number of guanidine groups is 1. The Kier molecular flexibility index (Phi) is 8.94. The van der Waals surface area contributed by atoms with Crippen molar-refractivity contribution in [3.8, 4) is 0 Å². The fourth-order valence-electron chi connectivity index (χ4n) is 3.46. The van der Waals surface area contributed by atoms with Crippen molar-refractivity contribution >= 4 is 41.5 Å². The highest BCUT2D eigenvalue weighted by atomic mass is 127. The summed E-state index contributed by atoms with van der Waals surface area (Å²) in [4.78, 5) is 18.7. The first-order chi connectivity index (χ1) is 13.2. The number of nitrogens with zero attached hydrogens (tertiary/aromatic N) is 5. The third-order valence-electron chi connectivity index (χ3n) is 4.98. The maximum absolute atomic E-state index is 11.6. The number of halogens is 1. The highest BCUT2D eigenvalue weighted by Crippen LogP contribution is 2.20. The molecule has 0 unspecified atom stereocenters. The number of aliphatic imine (C=N–C) groups is 1. The second-order valence-corrected chi connectivity index (χ2v) is 6.84. The zero-order valence-corrected chi connectivity index (χ0v) is 18.9. The van der Waals surface area contributed by atoms with Gasteiger partial charge in [-0.3, -0.25) is 14.2 Å². The molecule has 3 heterocycles. The number of carbonyl (C=O) groups excluding carboxylic acids is 1. The molecular formula is C19H30IN7O. The van der Waals surface area contributed by atoms with Gasteiger partial charge in [0.15, 0.2) is 11.6 Å². The number of amides is 1. The summed E-state index contributed by atoms with van der Waals surface area (Å²) in [6, 6.07) is 5.89. The zero-order valence-electron chi connectivity index (χ0n) is 16.6. The van der Waals surface area contributed by atoms with Gasteiger partial charge < -0.3 is 15.5 Å². The monoisotopic (exact) mass is 499 g/mol. The van der Waals surface area contributed by atoms with Crippen LogP contribution in [0.15, 0.2) is 29.4 Å². The topological polar surface area (TPSA) is 86.9 Å². The van der Waals surface area contributed by atoms with E-state index in [1.165, 1.54) is 0 Å². The van der Waals surface area contributed by atoms with Gasteiger partial charge in [-0.25, -0.2) is 0 Å². The number of hydrogen-bond donors (Lipinski definition) is 2. The maximum atomic E-state index is 11.6. The van der Waals surface area contributed by atoms with Gasteiger partial charge in [0.05, 0.1) is 0 Å². The molecule has 0 aromatic carbocycles. The van der Waals surface area contributed by atoms with Crippen LogP contribution < -0.4 is 10.6 Å². The zero-order chi connectivity index (χ0) is 19.1. The average Bonchev–Trinajstić information content (AvgIpc) is 3.11. The lowest BCUT2D eigenvalue weighted by Gasteiger charge is -2.34. The number of carbonyl (C=O) groups is 1. The molecule has 1 aliphatic heterocycles. The summed E-state index contributed by atoms with van der Waals surface area (Å²) in [7, 11) is 1.70. The quantitative estimate of drug-likeness (QED) is 0.359. The number of piperidine rings is 1. The first-order valence-corrected chi connectivity index (χ1v) is 9.73. The smallest absolute Gasteiger partial charge is 0.220 e. The minimum absolute atomic E-state index is 0. The molecule has 0 bridgehead atoms. The SMILES string of the molecule is CCNC(=NCCc1nnc2ccccn12)N1CCC(CC(=O)NC)CC1.I. The highest BCUT2D eigenvalue weighted by molar-refractivity contribution is 14.0. The van der Waals surface area contributed by atoms with Gasteiger partial charge in [-0.2, -0.15) is 0 Å². The summed E-state index contributed by atoms with van der Waals surface area (Å²) in [5, 5.41) is 14.6. The van der Waals surface area contributed by atoms with E-state index in [2.05, 4.69) is 32.7 Å². The molecule has 1 aliphatic rings. The second-order valence-electron chi connectivity index (χ2n) is 6.84. The van der Waals surface area contributed by atoms with Crippen LogP contribution in [-0.4, -0.2) is 64.6 Å². The predicted molar refractivity (Wildman–Crippen MR) is 121 cm³/mol. The summed E-state index contributed by atoms with van der Waals surface area (Å²) in [6.45, 7) is 5.45. The van der Waals surface area contributed by atoms with Gasteiger partial charge in [-0.1, -0.05) is 6.07 Å². The second kappa shape index (κ2) is 11.2. The van der Waals surface area contributed by atoms with E-state index < -0.39 is 0 Å². The van der Waals surface area contributed by atoms with E-state index in [-0.39, 0.29) is 29.9 Å². The van der Waals surface area contributed by atoms with E-state index in [1.54, 1.807) is 7.05 Å². The molecule has 154 valence electrons. The van der Waals surface area contributed by atoms with Crippen LogP contribution in [0.3, 0.4) is 0 Å². The Morgan fingerprint density at radius 3 is 2.79 bits per heavy atom. The Morgan fingerprint density at radius 1 is 1.29 bits per heavy atom. The normalized spacial score (nSPS) is 15.4. The van der Waals surface area contributed by atoms with Crippen molar-refractivity contribution in [2.75, 3.05) is 33.2 Å². The molecule has 0 spiro atoms. The van der Waals surface area contributed by atoms with Crippen LogP contribution in [0.1, 0.15) is 32.0 Å². The molecule has 1 saturated heterocycles. The summed E-state index contributed by atoms with van der Waals surface area (Å²) < 4.78 is 2.01. The van der Waals surface area contributed by atoms with E-state index in [9.17, 15) is 4.79 Å². The number of likely N-dealkylation sites (tertiary alicyclic amines) is 1. The van der Waals surface area contributed by atoms with Crippen molar-refractivity contribution in [1.82, 2.24) is 30.1 Å². The minimum atomic E-state index is 0. The Balaban J connectivity index is 0.00000280. The van der Waals surface area contributed by atoms with Crippen molar-refractivity contribution in [2.24, 2.45) is 10.9 Å². The fourth-order valence-corrected chi connectivity index (χ4v) is 3.46. The maximum Gasteiger partial charge on any atom is 0.220 e. The van der Waals surface area contributed by atoms with Crippen molar-refractivity contribution in [1.29, 1.82) is 0 Å². The van der Waals surface area contributed by atoms with Gasteiger partial charge >= 0.3 is 0 Å². The summed E-state index contributed by atoms with van der Waals surface area (Å²) in [6.07, 6.45) is 5.39. The largest absolute Gasteiger partial charge is 0.359 e. The van der Waals surface area contributed by atoms with Crippen LogP contribution >= 0.6 is 24.0 Å². The van der Waals surface area contributed by atoms with Gasteiger partial charge in [0, 0.05) is 52.3 Å². The number of nitrogens with one attached hydrogen (secondary N) is 2. The molecular weight excluding hydrogens is 469 g/mol. The van der Waals surface area contributed by atoms with E-state index in [4.69, 9.17) is 4.99 Å². The molecule has 8 nitrogen and oxygen atoms in total. The number of pyridine rings is 1. The van der Waals surface area contributed by atoms with Crippen LogP contribution in [0.4, 0.5) is 0 Å². The van der Waals surface area contributed by atoms with Crippen LogP contribution in [0.5, 0.6) is 0 Å². The number of rotatable bonds is 6. The van der Waals surface area contributed by atoms with Gasteiger partial charge in [-0.15, -0.1) is 34.2 Å². The lowest BCUT2D eigenvalue weighted by Crippen LogP contribution is -2.46. The molecule has 2 aromatic rings. The lowest BCUT2D eigenvalue weighted by atomic mass is 9.93. The average molecular weight is 499 g/mol. The third-order valence-corrected chi connectivity index (χ3v) is 4.98. The molecule has 2 aromatic heterocycles. The van der Waals surface area contributed by atoms with Crippen LogP contribution in [0.2, 0.25) is 0 Å². The Bertz CT molecular complexity index is 783. The first kappa shape index (κ1) is 22.4. The Hall–Kier alpha value is -1.91. The van der Waals surface area contributed by atoms with E-state index in [1.807, 2.05) is 28.8 Å². The number of fused-ring (bicyclic) bond motifs is 1.